The van der Waals surface area contributed by atoms with Gasteiger partial charge in [-0.3, -0.25) is 0 Å². The van der Waals surface area contributed by atoms with Crippen LogP contribution < -0.4 is 10.9 Å². The number of amides is 2. The summed E-state index contributed by atoms with van der Waals surface area (Å²) in [6, 6.07) is 0. The maximum absolute atomic E-state index is 11.2. The molecule has 0 heterocycles. The lowest BCUT2D eigenvalue weighted by atomic mass is 10.1. The molecule has 0 radical (unpaired) electrons. The maximum Gasteiger partial charge on any atom is 0.426 e. The molecule has 0 aromatic carbocycles. The number of rotatable bonds is 6. The minimum absolute atomic E-state index is 0.164. The maximum atomic E-state index is 11.2. The van der Waals surface area contributed by atoms with E-state index in [2.05, 4.69) is 35.5 Å². The average Bonchev–Trinajstić information content (AvgIpc) is 2.36. The van der Waals surface area contributed by atoms with Crippen LogP contribution in [-0.2, 0) is 9.47 Å². The summed E-state index contributed by atoms with van der Waals surface area (Å²) in [6.07, 6.45) is 4.44. The van der Waals surface area contributed by atoms with Crippen molar-refractivity contribution in [2.75, 3.05) is 13.2 Å². The largest absolute Gasteiger partial charge is 0.449 e. The highest BCUT2D eigenvalue weighted by atomic mass is 16.6. The average molecular weight is 284 g/mol. The highest BCUT2D eigenvalue weighted by Crippen LogP contribution is 2.06. The molecule has 0 atom stereocenters. The van der Waals surface area contributed by atoms with Crippen LogP contribution in [0.4, 0.5) is 9.59 Å². The van der Waals surface area contributed by atoms with E-state index in [9.17, 15) is 9.59 Å². The van der Waals surface area contributed by atoms with Gasteiger partial charge in [-0.15, -0.1) is 0 Å². The zero-order valence-corrected chi connectivity index (χ0v) is 12.6. The topological polar surface area (TPSA) is 76.7 Å². The van der Waals surface area contributed by atoms with Crippen LogP contribution >= 0.6 is 0 Å². The van der Waals surface area contributed by atoms with Gasteiger partial charge in [0.25, 0.3) is 0 Å². The summed E-state index contributed by atoms with van der Waals surface area (Å²) >= 11 is 0. The van der Waals surface area contributed by atoms with E-state index in [-0.39, 0.29) is 13.2 Å². The number of allylic oxidation sites excluding steroid dienone is 3. The molecule has 0 saturated heterocycles. The first-order valence-corrected chi connectivity index (χ1v) is 6.60. The molecule has 0 aliphatic rings. The monoisotopic (exact) mass is 284 g/mol. The van der Waals surface area contributed by atoms with Crippen LogP contribution in [0.15, 0.2) is 23.3 Å². The first-order chi connectivity index (χ1) is 9.45. The SMILES string of the molecule is CCOC(=O)NNC(=O)OC/C=C(/C)CCC=C(C)C. The molecule has 0 saturated carbocycles. The van der Waals surface area contributed by atoms with E-state index >= 15 is 0 Å². The fraction of sp³-hybridized carbons (Fsp3) is 0.571. The Morgan fingerprint density at radius 1 is 1.00 bits per heavy atom. The third-order valence-electron chi connectivity index (χ3n) is 2.28. The van der Waals surface area contributed by atoms with E-state index < -0.39 is 12.2 Å². The Balaban J connectivity index is 3.78. The first-order valence-electron chi connectivity index (χ1n) is 6.60. The number of hydrogen-bond acceptors (Lipinski definition) is 4. The van der Waals surface area contributed by atoms with Crippen molar-refractivity contribution in [3.63, 3.8) is 0 Å². The van der Waals surface area contributed by atoms with Gasteiger partial charge in [-0.1, -0.05) is 17.2 Å². The van der Waals surface area contributed by atoms with E-state index in [4.69, 9.17) is 4.74 Å². The lowest BCUT2D eigenvalue weighted by Gasteiger charge is -2.07. The van der Waals surface area contributed by atoms with Crippen LogP contribution in [-0.4, -0.2) is 25.4 Å². The molecule has 0 fully saturated rings. The molecule has 0 unspecified atom stereocenters. The molecule has 2 N–H and O–H groups in total. The summed E-state index contributed by atoms with van der Waals surface area (Å²) in [6.45, 7) is 8.16. The van der Waals surface area contributed by atoms with Crippen molar-refractivity contribution in [3.05, 3.63) is 23.3 Å². The van der Waals surface area contributed by atoms with Gasteiger partial charge in [0, 0.05) is 0 Å². The highest BCUT2D eigenvalue weighted by Gasteiger charge is 2.03. The van der Waals surface area contributed by atoms with Crippen molar-refractivity contribution in [2.24, 2.45) is 0 Å². The third-order valence-corrected chi connectivity index (χ3v) is 2.28. The number of carbonyl (C=O) groups is 2. The Kier molecular flexibility index (Phi) is 9.82. The smallest absolute Gasteiger partial charge is 0.426 e. The molecule has 6 heteroatoms. The summed E-state index contributed by atoms with van der Waals surface area (Å²) in [5.74, 6) is 0. The normalized spacial score (nSPS) is 10.5. The Bertz CT molecular complexity index is 371. The molecule has 114 valence electrons. The predicted octanol–water partition coefficient (Wildman–Crippen LogP) is 3.07. The van der Waals surface area contributed by atoms with Crippen molar-refractivity contribution in [1.29, 1.82) is 0 Å². The van der Waals surface area contributed by atoms with Crippen LogP contribution in [0.1, 0.15) is 40.5 Å². The number of carbonyl (C=O) groups excluding carboxylic acids is 2. The van der Waals surface area contributed by atoms with Gasteiger partial charge < -0.3 is 9.47 Å². The van der Waals surface area contributed by atoms with E-state index in [0.29, 0.717) is 0 Å². The van der Waals surface area contributed by atoms with E-state index in [1.807, 2.05) is 13.0 Å². The molecular weight excluding hydrogens is 260 g/mol. The summed E-state index contributed by atoms with van der Waals surface area (Å²) in [7, 11) is 0. The Labute approximate surface area is 120 Å². The van der Waals surface area contributed by atoms with Gasteiger partial charge in [0.05, 0.1) is 6.61 Å². The summed E-state index contributed by atoms with van der Waals surface area (Å²) in [4.78, 5) is 22.1. The van der Waals surface area contributed by atoms with Crippen LogP contribution in [0, 0.1) is 0 Å². The number of ether oxygens (including phenoxy) is 2. The van der Waals surface area contributed by atoms with Crippen molar-refractivity contribution in [1.82, 2.24) is 10.9 Å². The molecule has 0 aliphatic heterocycles. The molecule has 0 aromatic rings. The second-order valence-corrected chi connectivity index (χ2v) is 4.44. The summed E-state index contributed by atoms with van der Waals surface area (Å²) in [5.41, 5.74) is 6.57. The van der Waals surface area contributed by atoms with E-state index in [0.717, 1.165) is 18.4 Å². The molecule has 0 bridgehead atoms. The van der Waals surface area contributed by atoms with Gasteiger partial charge in [0.1, 0.15) is 6.61 Å². The number of hydrogen-bond donors (Lipinski definition) is 2. The zero-order chi connectivity index (χ0) is 15.4. The zero-order valence-electron chi connectivity index (χ0n) is 12.6. The van der Waals surface area contributed by atoms with Gasteiger partial charge >= 0.3 is 12.2 Å². The quantitative estimate of drug-likeness (QED) is 0.580. The second kappa shape index (κ2) is 10.9. The van der Waals surface area contributed by atoms with E-state index in [1.165, 1.54) is 5.57 Å². The standard InChI is InChI=1S/C14H24N2O4/c1-5-19-13(17)15-16-14(18)20-10-9-12(4)8-6-7-11(2)3/h7,9H,5-6,8,10H2,1-4H3,(H,15,17)(H,16,18)/b12-9-. The van der Waals surface area contributed by atoms with Gasteiger partial charge in [-0.25, -0.2) is 20.4 Å². The molecule has 0 aromatic heterocycles. The van der Waals surface area contributed by atoms with E-state index in [1.54, 1.807) is 6.92 Å². The fourth-order valence-electron chi connectivity index (χ4n) is 1.26. The van der Waals surface area contributed by atoms with Crippen molar-refractivity contribution in [2.45, 2.75) is 40.5 Å². The highest BCUT2D eigenvalue weighted by molar-refractivity contribution is 5.73. The predicted molar refractivity (Wildman–Crippen MR) is 77.1 cm³/mol. The molecule has 0 rings (SSSR count). The van der Waals surface area contributed by atoms with Gasteiger partial charge in [-0.2, -0.15) is 0 Å². The Morgan fingerprint density at radius 3 is 2.15 bits per heavy atom. The second-order valence-electron chi connectivity index (χ2n) is 4.44. The molecule has 6 nitrogen and oxygen atoms in total. The van der Waals surface area contributed by atoms with Crippen molar-refractivity contribution < 1.29 is 19.1 Å². The molecule has 0 aliphatic carbocycles. The van der Waals surface area contributed by atoms with Crippen LogP contribution in [0.2, 0.25) is 0 Å². The minimum Gasteiger partial charge on any atom is -0.449 e. The number of nitrogens with one attached hydrogen (secondary N) is 2. The van der Waals surface area contributed by atoms with Crippen molar-refractivity contribution >= 4 is 12.2 Å². The first kappa shape index (κ1) is 18.0. The van der Waals surface area contributed by atoms with Crippen LogP contribution in [0.3, 0.4) is 0 Å². The van der Waals surface area contributed by atoms with Crippen LogP contribution in [0.5, 0.6) is 0 Å². The number of hydrazine groups is 1. The fourth-order valence-corrected chi connectivity index (χ4v) is 1.26. The lowest BCUT2D eigenvalue weighted by Crippen LogP contribution is -2.42. The van der Waals surface area contributed by atoms with Gasteiger partial charge in [0.2, 0.25) is 0 Å². The van der Waals surface area contributed by atoms with Crippen molar-refractivity contribution in [3.8, 4) is 0 Å². The Morgan fingerprint density at radius 2 is 1.60 bits per heavy atom. The van der Waals surface area contributed by atoms with Gasteiger partial charge in [0.15, 0.2) is 0 Å². The molecule has 20 heavy (non-hydrogen) atoms. The molecule has 0 spiro atoms. The summed E-state index contributed by atoms with van der Waals surface area (Å²) in [5, 5.41) is 0. The summed E-state index contributed by atoms with van der Waals surface area (Å²) < 4.78 is 9.42. The van der Waals surface area contributed by atoms with Gasteiger partial charge in [-0.05, 0) is 46.6 Å². The Hall–Kier alpha value is -1.98. The lowest BCUT2D eigenvalue weighted by molar-refractivity contribution is 0.132. The third kappa shape index (κ3) is 11.1. The molecular formula is C14H24N2O4. The van der Waals surface area contributed by atoms with Crippen LogP contribution in [0.25, 0.3) is 0 Å². The molecule has 2 amide bonds. The minimum atomic E-state index is -0.730.